The summed E-state index contributed by atoms with van der Waals surface area (Å²) >= 11 is 0. The second-order valence-corrected chi connectivity index (χ2v) is 3.59. The number of nitrogens with one attached hydrogen (secondary N) is 1. The standard InChI is InChI=1S/C12H14N2O/c1-9(15)13-7-10-6-11-4-2-3-5-12(11)14-8-10/h2-6,8-9,13,15H,7H2,1H3. The topological polar surface area (TPSA) is 45.1 Å². The molecule has 2 rings (SSSR count). The number of fused-ring (bicyclic) bond motifs is 1. The first-order valence-electron chi connectivity index (χ1n) is 5.01. The molecule has 0 aliphatic heterocycles. The molecule has 78 valence electrons. The Kier molecular flexibility index (Phi) is 2.94. The highest BCUT2D eigenvalue weighted by molar-refractivity contribution is 5.78. The minimum Gasteiger partial charge on any atom is -0.379 e. The van der Waals surface area contributed by atoms with Crippen LogP contribution in [0.25, 0.3) is 10.9 Å². The van der Waals surface area contributed by atoms with Crippen LogP contribution in [0.4, 0.5) is 0 Å². The van der Waals surface area contributed by atoms with Gasteiger partial charge < -0.3 is 5.11 Å². The summed E-state index contributed by atoms with van der Waals surface area (Å²) in [6.45, 7) is 2.34. The molecule has 0 fully saturated rings. The van der Waals surface area contributed by atoms with Gasteiger partial charge in [0.2, 0.25) is 0 Å². The van der Waals surface area contributed by atoms with E-state index >= 15 is 0 Å². The fraction of sp³-hybridized carbons (Fsp3) is 0.250. The van der Waals surface area contributed by atoms with Crippen LogP contribution >= 0.6 is 0 Å². The summed E-state index contributed by atoms with van der Waals surface area (Å²) in [6, 6.07) is 10.1. The second kappa shape index (κ2) is 4.38. The van der Waals surface area contributed by atoms with Crippen molar-refractivity contribution in [1.29, 1.82) is 0 Å². The summed E-state index contributed by atoms with van der Waals surface area (Å²) in [6.07, 6.45) is 1.34. The molecule has 0 aliphatic rings. The van der Waals surface area contributed by atoms with E-state index in [0.29, 0.717) is 6.54 Å². The Labute approximate surface area is 88.8 Å². The second-order valence-electron chi connectivity index (χ2n) is 3.59. The molecule has 1 unspecified atom stereocenters. The number of nitrogens with zero attached hydrogens (tertiary/aromatic N) is 1. The molecule has 0 saturated carbocycles. The number of rotatable bonds is 3. The van der Waals surface area contributed by atoms with E-state index < -0.39 is 6.23 Å². The molecule has 1 atom stereocenters. The third-order valence-corrected chi connectivity index (χ3v) is 2.25. The lowest BCUT2D eigenvalue weighted by molar-refractivity contribution is 0.155. The van der Waals surface area contributed by atoms with Gasteiger partial charge in [0.05, 0.1) is 5.52 Å². The predicted molar refractivity (Wildman–Crippen MR) is 60.3 cm³/mol. The molecule has 15 heavy (non-hydrogen) atoms. The minimum atomic E-state index is -0.489. The molecule has 0 saturated heterocycles. The summed E-state index contributed by atoms with van der Waals surface area (Å²) in [5.74, 6) is 0. The fourth-order valence-electron chi connectivity index (χ4n) is 1.48. The molecule has 0 aliphatic carbocycles. The van der Waals surface area contributed by atoms with E-state index in [2.05, 4.69) is 16.4 Å². The smallest absolute Gasteiger partial charge is 0.102 e. The monoisotopic (exact) mass is 202 g/mol. The average Bonchev–Trinajstić information content (AvgIpc) is 2.26. The summed E-state index contributed by atoms with van der Waals surface area (Å²) in [5.41, 5.74) is 2.08. The Bertz CT molecular complexity index is 454. The molecule has 0 radical (unpaired) electrons. The highest BCUT2D eigenvalue weighted by Crippen LogP contribution is 2.12. The van der Waals surface area contributed by atoms with Gasteiger partial charge in [0, 0.05) is 18.1 Å². The van der Waals surface area contributed by atoms with Crippen molar-refractivity contribution in [2.75, 3.05) is 0 Å². The van der Waals surface area contributed by atoms with Crippen molar-refractivity contribution < 1.29 is 5.11 Å². The number of para-hydroxylation sites is 1. The number of hydrogen-bond donors (Lipinski definition) is 2. The van der Waals surface area contributed by atoms with E-state index in [0.717, 1.165) is 16.5 Å². The van der Waals surface area contributed by atoms with Crippen LogP contribution in [-0.2, 0) is 6.54 Å². The van der Waals surface area contributed by atoms with Crippen LogP contribution in [0, 0.1) is 0 Å². The van der Waals surface area contributed by atoms with Crippen molar-refractivity contribution in [2.24, 2.45) is 0 Å². The SMILES string of the molecule is CC(O)NCc1cnc2ccccc2c1. The first-order chi connectivity index (χ1) is 7.25. The number of aromatic nitrogens is 1. The zero-order valence-electron chi connectivity index (χ0n) is 8.64. The molecule has 3 heteroatoms. The van der Waals surface area contributed by atoms with Crippen LogP contribution in [0.15, 0.2) is 36.5 Å². The first-order valence-corrected chi connectivity index (χ1v) is 5.01. The molecular formula is C12H14N2O. The van der Waals surface area contributed by atoms with Gasteiger partial charge in [-0.15, -0.1) is 0 Å². The van der Waals surface area contributed by atoms with E-state index in [1.165, 1.54) is 0 Å². The number of aliphatic hydroxyl groups is 1. The van der Waals surface area contributed by atoms with Gasteiger partial charge in [-0.25, -0.2) is 0 Å². The maximum absolute atomic E-state index is 9.10. The maximum Gasteiger partial charge on any atom is 0.102 e. The lowest BCUT2D eigenvalue weighted by Gasteiger charge is -2.07. The lowest BCUT2D eigenvalue weighted by Crippen LogP contribution is -2.24. The lowest BCUT2D eigenvalue weighted by atomic mass is 10.1. The van der Waals surface area contributed by atoms with Crippen LogP contribution < -0.4 is 5.32 Å². The van der Waals surface area contributed by atoms with E-state index in [1.54, 1.807) is 6.92 Å². The van der Waals surface area contributed by atoms with Gasteiger partial charge in [0.15, 0.2) is 0 Å². The summed E-state index contributed by atoms with van der Waals surface area (Å²) in [7, 11) is 0. The van der Waals surface area contributed by atoms with E-state index in [1.807, 2.05) is 30.5 Å². The summed E-state index contributed by atoms with van der Waals surface area (Å²) < 4.78 is 0. The largest absolute Gasteiger partial charge is 0.379 e. The van der Waals surface area contributed by atoms with Crippen molar-refractivity contribution in [3.63, 3.8) is 0 Å². The number of benzene rings is 1. The van der Waals surface area contributed by atoms with Crippen molar-refractivity contribution >= 4 is 10.9 Å². The van der Waals surface area contributed by atoms with Crippen molar-refractivity contribution in [3.8, 4) is 0 Å². The van der Waals surface area contributed by atoms with Gasteiger partial charge in [0.25, 0.3) is 0 Å². The number of hydrogen-bond acceptors (Lipinski definition) is 3. The zero-order chi connectivity index (χ0) is 10.7. The van der Waals surface area contributed by atoms with Crippen molar-refractivity contribution in [2.45, 2.75) is 19.7 Å². The molecule has 0 bridgehead atoms. The van der Waals surface area contributed by atoms with Crippen LogP contribution in [0.1, 0.15) is 12.5 Å². The zero-order valence-corrected chi connectivity index (χ0v) is 8.64. The Morgan fingerprint density at radius 1 is 1.40 bits per heavy atom. The molecule has 1 aromatic heterocycles. The van der Waals surface area contributed by atoms with Gasteiger partial charge in [-0.2, -0.15) is 0 Å². The third kappa shape index (κ3) is 2.52. The molecule has 3 nitrogen and oxygen atoms in total. The van der Waals surface area contributed by atoms with Gasteiger partial charge in [0.1, 0.15) is 6.23 Å². The van der Waals surface area contributed by atoms with Crippen molar-refractivity contribution in [3.05, 3.63) is 42.1 Å². The molecule has 1 heterocycles. The molecule has 2 aromatic rings. The summed E-state index contributed by atoms with van der Waals surface area (Å²) in [4.78, 5) is 4.34. The summed E-state index contributed by atoms with van der Waals surface area (Å²) in [5, 5.41) is 13.2. The fourth-order valence-corrected chi connectivity index (χ4v) is 1.48. The van der Waals surface area contributed by atoms with Crippen LogP contribution in [0.2, 0.25) is 0 Å². The highest BCUT2D eigenvalue weighted by atomic mass is 16.3. The highest BCUT2D eigenvalue weighted by Gasteiger charge is 1.98. The Morgan fingerprint density at radius 2 is 2.20 bits per heavy atom. The number of aliphatic hydroxyl groups excluding tert-OH is 1. The van der Waals surface area contributed by atoms with Crippen LogP contribution in [0.3, 0.4) is 0 Å². The molecule has 1 aromatic carbocycles. The predicted octanol–water partition coefficient (Wildman–Crippen LogP) is 1.66. The van der Waals surface area contributed by atoms with Crippen molar-refractivity contribution in [1.82, 2.24) is 10.3 Å². The van der Waals surface area contributed by atoms with Gasteiger partial charge >= 0.3 is 0 Å². The van der Waals surface area contributed by atoms with Crippen LogP contribution in [0.5, 0.6) is 0 Å². The van der Waals surface area contributed by atoms with Gasteiger partial charge in [-0.05, 0) is 24.6 Å². The van der Waals surface area contributed by atoms with E-state index in [-0.39, 0.29) is 0 Å². The van der Waals surface area contributed by atoms with Gasteiger partial charge in [-0.3, -0.25) is 10.3 Å². The third-order valence-electron chi connectivity index (χ3n) is 2.25. The molecular weight excluding hydrogens is 188 g/mol. The first kappa shape index (κ1) is 10.1. The van der Waals surface area contributed by atoms with Crippen LogP contribution in [-0.4, -0.2) is 16.3 Å². The minimum absolute atomic E-state index is 0.489. The van der Waals surface area contributed by atoms with E-state index in [9.17, 15) is 0 Å². The Hall–Kier alpha value is -1.45. The van der Waals surface area contributed by atoms with Gasteiger partial charge in [-0.1, -0.05) is 18.2 Å². The Morgan fingerprint density at radius 3 is 3.00 bits per heavy atom. The Balaban J connectivity index is 2.23. The molecule has 2 N–H and O–H groups in total. The van der Waals surface area contributed by atoms with E-state index in [4.69, 9.17) is 5.11 Å². The number of pyridine rings is 1. The molecule has 0 amide bonds. The quantitative estimate of drug-likeness (QED) is 0.744. The normalized spacial score (nSPS) is 12.9. The molecule has 0 spiro atoms. The maximum atomic E-state index is 9.10. The average molecular weight is 202 g/mol.